The van der Waals surface area contributed by atoms with Crippen LogP contribution in [0.5, 0.6) is 0 Å². The number of rotatable bonds is 1. The van der Waals surface area contributed by atoms with Gasteiger partial charge in [0.25, 0.3) is 0 Å². The van der Waals surface area contributed by atoms with Crippen LogP contribution in [0.1, 0.15) is 0 Å². The highest BCUT2D eigenvalue weighted by atomic mass is 32.2. The van der Waals surface area contributed by atoms with Gasteiger partial charge in [-0.15, -0.1) is 18.3 Å². The van der Waals surface area contributed by atoms with E-state index >= 15 is 0 Å². The Balaban J connectivity index is 2.43. The molecule has 1 aliphatic rings. The lowest BCUT2D eigenvalue weighted by Crippen LogP contribution is -1.91. The zero-order chi connectivity index (χ0) is 5.98. The Morgan fingerprint density at radius 3 is 2.88 bits per heavy atom. The average molecular weight is 162 g/mol. The molecule has 1 unspecified atom stereocenters. The fourth-order valence-corrected chi connectivity index (χ4v) is 3.14. The third-order valence-electron chi connectivity index (χ3n) is 0.876. The van der Waals surface area contributed by atoms with Gasteiger partial charge in [0.05, 0.1) is 0 Å². The van der Waals surface area contributed by atoms with Crippen molar-refractivity contribution in [1.29, 1.82) is 0 Å². The van der Waals surface area contributed by atoms with Crippen molar-refractivity contribution in [1.82, 2.24) is 0 Å². The SMILES string of the molecule is C=CC1CSC(=S)S1. The molecule has 0 aliphatic carbocycles. The van der Waals surface area contributed by atoms with Gasteiger partial charge in [-0.2, -0.15) is 0 Å². The van der Waals surface area contributed by atoms with Crippen LogP contribution in [0, 0.1) is 0 Å². The van der Waals surface area contributed by atoms with Crippen molar-refractivity contribution in [3.05, 3.63) is 12.7 Å². The van der Waals surface area contributed by atoms with Crippen LogP contribution in [-0.2, 0) is 0 Å². The molecular formula is C5H6S3. The second-order valence-electron chi connectivity index (χ2n) is 1.45. The maximum absolute atomic E-state index is 4.94. The predicted octanol–water partition coefficient (Wildman–Crippen LogP) is 2.31. The molecule has 3 heteroatoms. The molecule has 0 aromatic heterocycles. The molecule has 44 valence electrons. The lowest BCUT2D eigenvalue weighted by atomic mass is 10.5. The zero-order valence-electron chi connectivity index (χ0n) is 4.29. The zero-order valence-corrected chi connectivity index (χ0v) is 6.74. The summed E-state index contributed by atoms with van der Waals surface area (Å²) in [5.41, 5.74) is 0. The van der Waals surface area contributed by atoms with E-state index in [0.717, 1.165) is 9.28 Å². The summed E-state index contributed by atoms with van der Waals surface area (Å²) in [6.07, 6.45) is 1.96. The molecule has 1 saturated heterocycles. The van der Waals surface area contributed by atoms with Crippen LogP contribution < -0.4 is 0 Å². The Morgan fingerprint density at radius 1 is 1.88 bits per heavy atom. The highest BCUT2D eigenvalue weighted by molar-refractivity contribution is 8.49. The molecule has 0 N–H and O–H groups in total. The van der Waals surface area contributed by atoms with Gasteiger partial charge < -0.3 is 0 Å². The first kappa shape index (κ1) is 6.65. The smallest absolute Gasteiger partial charge is 0.104 e. The van der Waals surface area contributed by atoms with Gasteiger partial charge in [0.15, 0.2) is 0 Å². The van der Waals surface area contributed by atoms with Crippen LogP contribution in [0.3, 0.4) is 0 Å². The monoisotopic (exact) mass is 162 g/mol. The summed E-state index contributed by atoms with van der Waals surface area (Å²) >= 11 is 8.44. The van der Waals surface area contributed by atoms with Gasteiger partial charge >= 0.3 is 0 Å². The molecule has 1 rings (SSSR count). The largest absolute Gasteiger partial charge is 0.106 e. The summed E-state index contributed by atoms with van der Waals surface area (Å²) in [5, 5.41) is 0.576. The summed E-state index contributed by atoms with van der Waals surface area (Å²) in [4.78, 5) is 0. The van der Waals surface area contributed by atoms with E-state index in [1.54, 1.807) is 23.5 Å². The van der Waals surface area contributed by atoms with E-state index < -0.39 is 0 Å². The lowest BCUT2D eigenvalue weighted by Gasteiger charge is -1.92. The fourth-order valence-electron chi connectivity index (χ4n) is 0.458. The lowest BCUT2D eigenvalue weighted by molar-refractivity contribution is 1.30. The number of thiocarbonyl (C=S) groups is 1. The number of hydrogen-bond donors (Lipinski definition) is 0. The van der Waals surface area contributed by atoms with Gasteiger partial charge in [-0.05, 0) is 0 Å². The normalized spacial score (nSPS) is 28.5. The third kappa shape index (κ3) is 1.50. The minimum Gasteiger partial charge on any atom is -0.106 e. The van der Waals surface area contributed by atoms with E-state index in [9.17, 15) is 0 Å². The topological polar surface area (TPSA) is 0 Å². The standard InChI is InChI=1S/C5H6S3/c1-2-4-3-7-5(6)8-4/h2,4H,1,3H2. The molecular weight excluding hydrogens is 156 g/mol. The Morgan fingerprint density at radius 2 is 2.62 bits per heavy atom. The molecule has 1 aliphatic heterocycles. The Labute approximate surface area is 63.1 Å². The van der Waals surface area contributed by atoms with Gasteiger partial charge in [-0.25, -0.2) is 0 Å². The van der Waals surface area contributed by atoms with Crippen LogP contribution in [0.2, 0.25) is 0 Å². The van der Waals surface area contributed by atoms with Crippen molar-refractivity contribution in [3.8, 4) is 0 Å². The summed E-state index contributed by atoms with van der Waals surface area (Å²) < 4.78 is 1.06. The minimum absolute atomic E-state index is 0.576. The Hall–Kier alpha value is 0.530. The quantitative estimate of drug-likeness (QED) is 0.429. The van der Waals surface area contributed by atoms with E-state index in [1.807, 2.05) is 6.08 Å². The molecule has 0 bridgehead atoms. The van der Waals surface area contributed by atoms with Crippen molar-refractivity contribution in [2.24, 2.45) is 0 Å². The van der Waals surface area contributed by atoms with Crippen LogP contribution in [0.4, 0.5) is 0 Å². The Kier molecular flexibility index (Phi) is 2.41. The molecule has 1 fully saturated rings. The highest BCUT2D eigenvalue weighted by Gasteiger charge is 2.16. The van der Waals surface area contributed by atoms with Gasteiger partial charge in [-0.3, -0.25) is 0 Å². The Bertz CT molecular complexity index is 119. The summed E-state index contributed by atoms with van der Waals surface area (Å²) in [5.74, 6) is 1.12. The van der Waals surface area contributed by atoms with Gasteiger partial charge in [-0.1, -0.05) is 30.1 Å². The van der Waals surface area contributed by atoms with Crippen molar-refractivity contribution in [2.45, 2.75) is 5.25 Å². The van der Waals surface area contributed by atoms with E-state index in [-0.39, 0.29) is 0 Å². The molecule has 0 radical (unpaired) electrons. The molecule has 0 aromatic rings. The fraction of sp³-hybridized carbons (Fsp3) is 0.400. The molecule has 0 amide bonds. The average Bonchev–Trinajstić information content (AvgIpc) is 2.14. The molecule has 0 spiro atoms. The minimum atomic E-state index is 0.576. The highest BCUT2D eigenvalue weighted by Crippen LogP contribution is 2.33. The summed E-state index contributed by atoms with van der Waals surface area (Å²) in [6, 6.07) is 0. The maximum Gasteiger partial charge on any atom is 0.104 e. The second-order valence-corrected chi connectivity index (χ2v) is 4.92. The molecule has 0 aromatic carbocycles. The molecule has 0 nitrogen and oxygen atoms in total. The van der Waals surface area contributed by atoms with E-state index in [0.29, 0.717) is 5.25 Å². The second kappa shape index (κ2) is 2.90. The molecule has 0 saturated carbocycles. The van der Waals surface area contributed by atoms with Crippen LogP contribution in [0.25, 0.3) is 0 Å². The van der Waals surface area contributed by atoms with Crippen LogP contribution in [-0.4, -0.2) is 14.5 Å². The molecule has 8 heavy (non-hydrogen) atoms. The number of thioether (sulfide) groups is 2. The third-order valence-corrected chi connectivity index (χ3v) is 3.99. The number of hydrogen-bond acceptors (Lipinski definition) is 3. The van der Waals surface area contributed by atoms with Crippen LogP contribution in [0.15, 0.2) is 12.7 Å². The van der Waals surface area contributed by atoms with Crippen LogP contribution >= 0.6 is 35.7 Å². The first-order valence-electron chi connectivity index (χ1n) is 2.29. The molecule has 1 heterocycles. The van der Waals surface area contributed by atoms with E-state index in [1.165, 1.54) is 0 Å². The van der Waals surface area contributed by atoms with Crippen molar-refractivity contribution in [3.63, 3.8) is 0 Å². The summed E-state index contributed by atoms with van der Waals surface area (Å²) in [6.45, 7) is 3.68. The molecule has 1 atom stereocenters. The van der Waals surface area contributed by atoms with Crippen molar-refractivity contribution in [2.75, 3.05) is 5.75 Å². The summed E-state index contributed by atoms with van der Waals surface area (Å²) in [7, 11) is 0. The van der Waals surface area contributed by atoms with E-state index in [2.05, 4.69) is 6.58 Å². The van der Waals surface area contributed by atoms with Gasteiger partial charge in [0.2, 0.25) is 0 Å². The first-order valence-corrected chi connectivity index (χ1v) is 4.56. The predicted molar refractivity (Wildman–Crippen MR) is 46.6 cm³/mol. The van der Waals surface area contributed by atoms with E-state index in [4.69, 9.17) is 12.2 Å². The van der Waals surface area contributed by atoms with Gasteiger partial charge in [0, 0.05) is 11.0 Å². The van der Waals surface area contributed by atoms with Crippen molar-refractivity contribution >= 4 is 39.3 Å². The first-order chi connectivity index (χ1) is 3.83. The van der Waals surface area contributed by atoms with Crippen molar-refractivity contribution < 1.29 is 0 Å². The maximum atomic E-state index is 4.94. The van der Waals surface area contributed by atoms with Gasteiger partial charge in [0.1, 0.15) is 3.53 Å².